The highest BCUT2D eigenvalue weighted by Gasteiger charge is 2.62. The van der Waals surface area contributed by atoms with Crippen molar-refractivity contribution >= 4 is 23.1 Å². The molecule has 2 unspecified atom stereocenters. The van der Waals surface area contributed by atoms with E-state index in [2.05, 4.69) is 0 Å². The van der Waals surface area contributed by atoms with Crippen LogP contribution < -0.4 is 0 Å². The lowest BCUT2D eigenvalue weighted by Crippen LogP contribution is -2.48. The van der Waals surface area contributed by atoms with E-state index in [1.165, 1.54) is 0 Å². The first-order valence-electron chi connectivity index (χ1n) is 10.1. The number of hydrogen-bond acceptors (Lipinski definition) is 2. The van der Waals surface area contributed by atoms with E-state index in [1.807, 2.05) is 0 Å². The predicted molar refractivity (Wildman–Crippen MR) is 110 cm³/mol. The summed E-state index contributed by atoms with van der Waals surface area (Å²) < 4.78 is 49.4. The van der Waals surface area contributed by atoms with Crippen LogP contribution in [0.4, 0.5) is 13.2 Å². The summed E-state index contributed by atoms with van der Waals surface area (Å²) in [5.41, 5.74) is -1.57. The average molecular weight is 443 g/mol. The van der Waals surface area contributed by atoms with Gasteiger partial charge in [-0.3, -0.25) is 4.79 Å². The van der Waals surface area contributed by atoms with Crippen LogP contribution in [0.5, 0.6) is 0 Å². The second-order valence-corrected chi connectivity index (χ2v) is 9.10. The number of benzene rings is 1. The molecule has 0 amide bonds. The maximum atomic E-state index is 14.5. The molecule has 0 spiro atoms. The molecule has 164 valence electrons. The highest BCUT2D eigenvalue weighted by atomic mass is 35.5. The van der Waals surface area contributed by atoms with Gasteiger partial charge in [-0.2, -0.15) is 13.2 Å². The summed E-state index contributed by atoms with van der Waals surface area (Å²) in [4.78, 5) is 12.0. The van der Waals surface area contributed by atoms with Gasteiger partial charge in [0, 0.05) is 17.0 Å². The Morgan fingerprint density at radius 1 is 1.27 bits per heavy atom. The number of aliphatic carboxylic acids is 1. The fourth-order valence-corrected chi connectivity index (χ4v) is 4.38. The molecule has 1 fully saturated rings. The maximum Gasteiger partial charge on any atom is 0.399 e. The number of halogens is 4. The molecule has 2 aliphatic carbocycles. The molecule has 3 nitrogen and oxygen atoms in total. The van der Waals surface area contributed by atoms with E-state index in [-0.39, 0.29) is 23.1 Å². The van der Waals surface area contributed by atoms with Crippen LogP contribution in [0.1, 0.15) is 45.1 Å². The van der Waals surface area contributed by atoms with Gasteiger partial charge in [-0.25, -0.2) is 0 Å². The van der Waals surface area contributed by atoms with Crippen molar-refractivity contribution in [3.63, 3.8) is 0 Å². The van der Waals surface area contributed by atoms with Crippen molar-refractivity contribution in [1.29, 1.82) is 0 Å². The highest BCUT2D eigenvalue weighted by molar-refractivity contribution is 6.33. The number of carbonyl (C=O) groups is 1. The van der Waals surface area contributed by atoms with Gasteiger partial charge in [0.05, 0.1) is 12.5 Å². The summed E-state index contributed by atoms with van der Waals surface area (Å²) in [6, 6.07) is 8.87. The Labute approximate surface area is 179 Å². The number of carboxylic acid groups (broad SMARTS) is 1. The lowest BCUT2D eigenvalue weighted by molar-refractivity contribution is -0.229. The molecule has 1 N–H and O–H groups in total. The smallest absolute Gasteiger partial charge is 0.399 e. The van der Waals surface area contributed by atoms with Gasteiger partial charge in [-0.1, -0.05) is 55.8 Å². The van der Waals surface area contributed by atoms with Gasteiger partial charge in [0.2, 0.25) is 0 Å². The number of hydrogen-bond donors (Lipinski definition) is 1. The molecule has 0 aromatic heterocycles. The van der Waals surface area contributed by atoms with E-state index in [0.717, 1.165) is 18.9 Å². The fraction of sp³-hybridized carbons (Fsp3) is 0.522. The first-order valence-corrected chi connectivity index (χ1v) is 10.5. The number of rotatable bonds is 8. The van der Waals surface area contributed by atoms with Crippen molar-refractivity contribution in [2.75, 3.05) is 6.61 Å². The third kappa shape index (κ3) is 4.69. The van der Waals surface area contributed by atoms with Crippen molar-refractivity contribution in [1.82, 2.24) is 0 Å². The first kappa shape index (κ1) is 22.7. The topological polar surface area (TPSA) is 46.5 Å². The number of alkyl halides is 3. The minimum atomic E-state index is -4.80. The van der Waals surface area contributed by atoms with Crippen molar-refractivity contribution in [2.45, 2.75) is 45.7 Å². The minimum Gasteiger partial charge on any atom is -0.493 e. The quantitative estimate of drug-likeness (QED) is 0.490. The van der Waals surface area contributed by atoms with Crippen molar-refractivity contribution in [3.05, 3.63) is 52.8 Å². The number of ether oxygens (including phenoxy) is 1. The van der Waals surface area contributed by atoms with Crippen LogP contribution in [0, 0.1) is 23.2 Å². The zero-order valence-corrected chi connectivity index (χ0v) is 17.8. The van der Waals surface area contributed by atoms with Crippen LogP contribution in [0.15, 0.2) is 47.2 Å². The highest BCUT2D eigenvalue weighted by Crippen LogP contribution is 2.57. The second kappa shape index (κ2) is 8.66. The molecule has 0 heterocycles. The lowest BCUT2D eigenvalue weighted by Gasteiger charge is -2.41. The molecular formula is C23H26ClF3O3. The van der Waals surface area contributed by atoms with E-state index in [0.29, 0.717) is 23.7 Å². The summed E-state index contributed by atoms with van der Waals surface area (Å²) in [5, 5.41) is 9.73. The van der Waals surface area contributed by atoms with Gasteiger partial charge >= 0.3 is 12.1 Å². The Morgan fingerprint density at radius 2 is 1.90 bits per heavy atom. The van der Waals surface area contributed by atoms with Crippen molar-refractivity contribution in [2.24, 2.45) is 23.2 Å². The molecule has 1 saturated carbocycles. The summed E-state index contributed by atoms with van der Waals surface area (Å²) >= 11 is 6.48. The van der Waals surface area contributed by atoms with Gasteiger partial charge in [0.25, 0.3) is 0 Å². The molecule has 1 aromatic rings. The zero-order chi connectivity index (χ0) is 22.1. The molecule has 2 aliphatic rings. The molecule has 0 saturated heterocycles. The third-order valence-electron chi connectivity index (χ3n) is 5.74. The van der Waals surface area contributed by atoms with Gasteiger partial charge in [0.15, 0.2) is 0 Å². The standard InChI is InChI=1S/C23H26ClF3O3/c1-14(2)10-17(21(28)29)22(23(25,26)27)11-18(24)20(16-6-4-3-5-7-16)19(12-22)30-13-15-8-9-15/h3-7,12,14-15,17H,8-11,13H2,1-2H3,(H,28,29). The molecule has 0 bridgehead atoms. The van der Waals surface area contributed by atoms with Crippen LogP contribution >= 0.6 is 11.6 Å². The van der Waals surface area contributed by atoms with Gasteiger partial charge < -0.3 is 9.84 Å². The summed E-state index contributed by atoms with van der Waals surface area (Å²) in [6.07, 6.45) is -2.61. The third-order valence-corrected chi connectivity index (χ3v) is 6.07. The maximum absolute atomic E-state index is 14.5. The fourth-order valence-electron chi connectivity index (χ4n) is 3.95. The molecule has 0 radical (unpaired) electrons. The molecule has 0 aliphatic heterocycles. The molecule has 1 aromatic carbocycles. The normalized spacial score (nSPS) is 23.4. The lowest BCUT2D eigenvalue weighted by atomic mass is 9.66. The van der Waals surface area contributed by atoms with Gasteiger partial charge in [0.1, 0.15) is 11.2 Å². The minimum absolute atomic E-state index is 0.0247. The van der Waals surface area contributed by atoms with Crippen LogP contribution in [0.2, 0.25) is 0 Å². The van der Waals surface area contributed by atoms with E-state index >= 15 is 0 Å². The number of allylic oxidation sites excluding steroid dienone is 3. The van der Waals surface area contributed by atoms with Crippen LogP contribution in [-0.4, -0.2) is 23.9 Å². The van der Waals surface area contributed by atoms with Gasteiger partial charge in [-0.15, -0.1) is 0 Å². The Bertz CT molecular complexity index is 841. The average Bonchev–Trinajstić information content (AvgIpc) is 3.48. The molecule has 30 heavy (non-hydrogen) atoms. The van der Waals surface area contributed by atoms with Crippen LogP contribution in [-0.2, 0) is 9.53 Å². The van der Waals surface area contributed by atoms with E-state index < -0.39 is 29.9 Å². The van der Waals surface area contributed by atoms with E-state index in [9.17, 15) is 23.1 Å². The molecule has 7 heteroatoms. The van der Waals surface area contributed by atoms with E-state index in [4.69, 9.17) is 16.3 Å². The Morgan fingerprint density at radius 3 is 2.40 bits per heavy atom. The summed E-state index contributed by atoms with van der Waals surface area (Å²) in [5.74, 6) is -3.03. The zero-order valence-electron chi connectivity index (χ0n) is 17.0. The summed E-state index contributed by atoms with van der Waals surface area (Å²) in [7, 11) is 0. The van der Waals surface area contributed by atoms with Crippen LogP contribution in [0.25, 0.3) is 5.57 Å². The predicted octanol–water partition coefficient (Wildman–Crippen LogP) is 6.65. The molecule has 2 atom stereocenters. The Hall–Kier alpha value is -1.95. The molecule has 3 rings (SSSR count). The van der Waals surface area contributed by atoms with Gasteiger partial charge in [-0.05, 0) is 42.7 Å². The SMILES string of the molecule is CC(C)CC(C(=O)O)C1(C(F)(F)F)C=C(OCC2CC2)C(c2ccccc2)=C(Cl)C1. The molecular weight excluding hydrogens is 417 g/mol. The van der Waals surface area contributed by atoms with Crippen molar-refractivity contribution in [3.8, 4) is 0 Å². The Kier molecular flexibility index (Phi) is 6.56. The number of carboxylic acids is 1. The monoisotopic (exact) mass is 442 g/mol. The van der Waals surface area contributed by atoms with Crippen molar-refractivity contribution < 1.29 is 27.8 Å². The largest absolute Gasteiger partial charge is 0.493 e. The Balaban J connectivity index is 2.14. The summed E-state index contributed by atoms with van der Waals surface area (Å²) in [6.45, 7) is 3.72. The van der Waals surface area contributed by atoms with E-state index in [1.54, 1.807) is 44.2 Å². The second-order valence-electron chi connectivity index (χ2n) is 8.64. The first-order chi connectivity index (χ1) is 14.0. The van der Waals surface area contributed by atoms with Crippen LogP contribution in [0.3, 0.4) is 0 Å².